The van der Waals surface area contributed by atoms with Crippen LogP contribution in [-0.4, -0.2) is 23.0 Å². The Labute approximate surface area is 107 Å². The number of carbonyl (C=O) groups excluding carboxylic acids is 1. The summed E-state index contributed by atoms with van der Waals surface area (Å²) in [4.78, 5) is 23.2. The first-order chi connectivity index (χ1) is 8.59. The molecule has 4 heteroatoms. The zero-order valence-corrected chi connectivity index (χ0v) is 10.7. The molecule has 3 atom stereocenters. The smallest absolute Gasteiger partial charge is 0.310 e. The first-order valence-corrected chi connectivity index (χ1v) is 7.12. The van der Waals surface area contributed by atoms with Crippen molar-refractivity contribution in [3.63, 3.8) is 0 Å². The fourth-order valence-corrected chi connectivity index (χ4v) is 4.06. The highest BCUT2D eigenvalue weighted by Gasteiger charge is 2.47. The first-order valence-electron chi connectivity index (χ1n) is 7.12. The van der Waals surface area contributed by atoms with Gasteiger partial charge < -0.3 is 10.4 Å². The number of rotatable bonds is 4. The van der Waals surface area contributed by atoms with Gasteiger partial charge in [-0.1, -0.05) is 12.8 Å². The molecule has 18 heavy (non-hydrogen) atoms. The molecule has 100 valence electrons. The van der Waals surface area contributed by atoms with Crippen molar-refractivity contribution >= 4 is 11.9 Å². The van der Waals surface area contributed by atoms with E-state index >= 15 is 0 Å². The monoisotopic (exact) mass is 251 g/mol. The average Bonchev–Trinajstić information content (AvgIpc) is 2.84. The fourth-order valence-electron chi connectivity index (χ4n) is 4.06. The number of carboxylic acids is 1. The molecule has 1 amide bonds. The highest BCUT2D eigenvalue weighted by molar-refractivity contribution is 5.85. The number of aliphatic carboxylic acids is 1. The maximum Gasteiger partial charge on any atom is 0.310 e. The highest BCUT2D eigenvalue weighted by atomic mass is 16.4. The van der Waals surface area contributed by atoms with E-state index in [-0.39, 0.29) is 12.3 Å². The van der Waals surface area contributed by atoms with Gasteiger partial charge in [0.05, 0.1) is 5.41 Å². The molecule has 3 fully saturated rings. The van der Waals surface area contributed by atoms with Crippen LogP contribution in [0, 0.1) is 17.3 Å². The van der Waals surface area contributed by atoms with Gasteiger partial charge in [0.1, 0.15) is 0 Å². The molecule has 3 unspecified atom stereocenters. The van der Waals surface area contributed by atoms with E-state index in [1.807, 2.05) is 0 Å². The van der Waals surface area contributed by atoms with E-state index < -0.39 is 11.4 Å². The summed E-state index contributed by atoms with van der Waals surface area (Å²) in [6.07, 6.45) is 7.35. The van der Waals surface area contributed by atoms with Crippen LogP contribution in [0.15, 0.2) is 0 Å². The van der Waals surface area contributed by atoms with Crippen LogP contribution in [0.2, 0.25) is 0 Å². The first kappa shape index (κ1) is 12.0. The summed E-state index contributed by atoms with van der Waals surface area (Å²) >= 11 is 0. The van der Waals surface area contributed by atoms with Gasteiger partial charge in [-0.25, -0.2) is 0 Å². The van der Waals surface area contributed by atoms with Crippen LogP contribution in [0.25, 0.3) is 0 Å². The lowest BCUT2D eigenvalue weighted by atomic mass is 9.66. The molecule has 0 spiro atoms. The summed E-state index contributed by atoms with van der Waals surface area (Å²) in [5, 5.41) is 12.3. The minimum Gasteiger partial charge on any atom is -0.481 e. The highest BCUT2D eigenvalue weighted by Crippen LogP contribution is 2.46. The van der Waals surface area contributed by atoms with E-state index in [2.05, 4.69) is 5.32 Å². The number of nitrogens with one attached hydrogen (secondary N) is 1. The Morgan fingerprint density at radius 2 is 2.00 bits per heavy atom. The van der Waals surface area contributed by atoms with Crippen LogP contribution >= 0.6 is 0 Å². The van der Waals surface area contributed by atoms with Crippen molar-refractivity contribution in [1.82, 2.24) is 5.32 Å². The minimum atomic E-state index is -0.795. The Bertz CT molecular complexity index is 375. The largest absolute Gasteiger partial charge is 0.481 e. The van der Waals surface area contributed by atoms with E-state index in [9.17, 15) is 14.7 Å². The fraction of sp³-hybridized carbons (Fsp3) is 0.857. The number of fused-ring (bicyclic) bond motifs is 2. The molecule has 3 aliphatic carbocycles. The summed E-state index contributed by atoms with van der Waals surface area (Å²) in [6.45, 7) is 0. The van der Waals surface area contributed by atoms with Gasteiger partial charge in [0, 0.05) is 12.5 Å². The Morgan fingerprint density at radius 3 is 2.44 bits per heavy atom. The quantitative estimate of drug-likeness (QED) is 0.802. The maximum absolute atomic E-state index is 12.0. The molecular weight excluding hydrogens is 230 g/mol. The minimum absolute atomic E-state index is 0.0466. The lowest BCUT2D eigenvalue weighted by Gasteiger charge is -2.37. The number of hydrogen-bond acceptors (Lipinski definition) is 2. The molecular formula is C14H21NO3. The molecule has 0 saturated heterocycles. The lowest BCUT2D eigenvalue weighted by molar-refractivity contribution is -0.157. The summed E-state index contributed by atoms with van der Waals surface area (Å²) in [6, 6.07) is 0.321. The van der Waals surface area contributed by atoms with Gasteiger partial charge >= 0.3 is 5.97 Å². The van der Waals surface area contributed by atoms with Crippen molar-refractivity contribution in [1.29, 1.82) is 0 Å². The zero-order valence-electron chi connectivity index (χ0n) is 10.7. The molecule has 0 radical (unpaired) electrons. The second-order valence-corrected chi connectivity index (χ2v) is 6.46. The Hall–Kier alpha value is -1.06. The van der Waals surface area contributed by atoms with Crippen LogP contribution < -0.4 is 5.32 Å². The van der Waals surface area contributed by atoms with Gasteiger partial charge in [0.25, 0.3) is 0 Å². The Morgan fingerprint density at radius 1 is 1.22 bits per heavy atom. The molecule has 0 aliphatic heterocycles. The van der Waals surface area contributed by atoms with Gasteiger partial charge in [0.2, 0.25) is 5.91 Å². The third kappa shape index (κ3) is 1.91. The van der Waals surface area contributed by atoms with Crippen LogP contribution in [0.3, 0.4) is 0 Å². The van der Waals surface area contributed by atoms with Crippen molar-refractivity contribution in [2.24, 2.45) is 17.3 Å². The van der Waals surface area contributed by atoms with E-state index in [0.29, 0.717) is 24.8 Å². The van der Waals surface area contributed by atoms with Crippen molar-refractivity contribution in [3.8, 4) is 0 Å². The molecule has 3 rings (SSSR count). The van der Waals surface area contributed by atoms with Gasteiger partial charge in [-0.15, -0.1) is 0 Å². The van der Waals surface area contributed by atoms with Crippen molar-refractivity contribution in [3.05, 3.63) is 0 Å². The summed E-state index contributed by atoms with van der Waals surface area (Å²) < 4.78 is 0. The second-order valence-electron chi connectivity index (χ2n) is 6.46. The third-order valence-electron chi connectivity index (χ3n) is 5.35. The van der Waals surface area contributed by atoms with E-state index in [0.717, 1.165) is 18.8 Å². The van der Waals surface area contributed by atoms with Crippen molar-refractivity contribution < 1.29 is 14.7 Å². The molecule has 3 saturated carbocycles. The Kier molecular flexibility index (Phi) is 2.83. The third-order valence-corrected chi connectivity index (χ3v) is 5.35. The number of amides is 1. The molecule has 2 bridgehead atoms. The predicted octanol–water partition coefficient (Wildman–Crippen LogP) is 1.94. The lowest BCUT2D eigenvalue weighted by Crippen LogP contribution is -2.45. The van der Waals surface area contributed by atoms with Gasteiger partial charge in [-0.2, -0.15) is 0 Å². The molecule has 0 heterocycles. The number of carbonyl (C=O) groups is 2. The molecule has 2 N–H and O–H groups in total. The zero-order chi connectivity index (χ0) is 12.8. The van der Waals surface area contributed by atoms with Gasteiger partial charge in [-0.3, -0.25) is 9.59 Å². The summed E-state index contributed by atoms with van der Waals surface area (Å²) in [5.74, 6) is 0.616. The van der Waals surface area contributed by atoms with Crippen molar-refractivity contribution in [2.45, 2.75) is 57.4 Å². The second kappa shape index (κ2) is 4.25. The van der Waals surface area contributed by atoms with Crippen LogP contribution in [0.5, 0.6) is 0 Å². The van der Waals surface area contributed by atoms with Crippen LogP contribution in [-0.2, 0) is 9.59 Å². The normalized spacial score (nSPS) is 36.1. The van der Waals surface area contributed by atoms with E-state index in [4.69, 9.17) is 0 Å². The maximum atomic E-state index is 12.0. The van der Waals surface area contributed by atoms with Crippen LogP contribution in [0.4, 0.5) is 0 Å². The number of carboxylic acid groups (broad SMARTS) is 1. The Balaban J connectivity index is 1.54. The van der Waals surface area contributed by atoms with Gasteiger partial charge in [0.15, 0.2) is 0 Å². The van der Waals surface area contributed by atoms with Gasteiger partial charge in [-0.05, 0) is 43.9 Å². The molecule has 0 aromatic rings. The molecule has 4 nitrogen and oxygen atoms in total. The summed E-state index contributed by atoms with van der Waals surface area (Å²) in [5.41, 5.74) is -0.748. The standard InChI is InChI=1S/C14H21NO3/c16-12(8-14(13(17)18)4-1-5-14)15-11-7-9-2-3-10(11)6-9/h9-11H,1-8H2,(H,15,16)(H,17,18). The van der Waals surface area contributed by atoms with E-state index in [1.54, 1.807) is 0 Å². The summed E-state index contributed by atoms with van der Waals surface area (Å²) in [7, 11) is 0. The molecule has 0 aromatic heterocycles. The number of hydrogen-bond donors (Lipinski definition) is 2. The van der Waals surface area contributed by atoms with Crippen LogP contribution in [0.1, 0.15) is 51.4 Å². The molecule has 0 aromatic carbocycles. The van der Waals surface area contributed by atoms with E-state index in [1.165, 1.54) is 19.3 Å². The predicted molar refractivity (Wildman–Crippen MR) is 65.9 cm³/mol. The topological polar surface area (TPSA) is 66.4 Å². The molecule has 3 aliphatic rings. The average molecular weight is 251 g/mol. The van der Waals surface area contributed by atoms with Crippen molar-refractivity contribution in [2.75, 3.05) is 0 Å². The SMILES string of the molecule is O=C(CC1(C(=O)O)CCC1)NC1CC2CCC1C2.